The molecule has 4 aliphatic rings. The number of fused-ring (bicyclic) bond motifs is 4. The molecule has 2 bridgehead atoms. The van der Waals surface area contributed by atoms with Crippen LogP contribution in [0.25, 0.3) is 0 Å². The zero-order valence-corrected chi connectivity index (χ0v) is 32.5. The fraction of sp³-hybridized carbons (Fsp3) is 0.463. The number of halogens is 1. The molecule has 2 aliphatic heterocycles. The summed E-state index contributed by atoms with van der Waals surface area (Å²) >= 11 is 6.47. The maximum atomic E-state index is 14.2. The van der Waals surface area contributed by atoms with Crippen molar-refractivity contribution in [3.05, 3.63) is 94.5 Å². The Morgan fingerprint density at radius 2 is 1.87 bits per heavy atom. The summed E-state index contributed by atoms with van der Waals surface area (Å²) < 4.78 is 46.9. The van der Waals surface area contributed by atoms with E-state index in [1.807, 2.05) is 18.2 Å². The number of hydrogen-bond acceptors (Lipinski definition) is 9. The van der Waals surface area contributed by atoms with Crippen LogP contribution in [0.15, 0.2) is 77.7 Å². The molecule has 2 aliphatic carbocycles. The number of carbonyl (C=O) groups excluding carboxylic acids is 2. The van der Waals surface area contributed by atoms with Crippen molar-refractivity contribution in [1.29, 1.82) is 0 Å². The lowest BCUT2D eigenvalue weighted by Gasteiger charge is -2.46. The molecule has 3 aromatic carbocycles. The molecule has 288 valence electrons. The van der Waals surface area contributed by atoms with Gasteiger partial charge in [0.15, 0.2) is 5.60 Å². The second-order valence-electron chi connectivity index (χ2n) is 15.2. The normalized spacial score (nSPS) is 27.8. The van der Waals surface area contributed by atoms with Gasteiger partial charge in [0.25, 0.3) is 15.9 Å². The second kappa shape index (κ2) is 15.2. The molecule has 5 atom stereocenters. The highest BCUT2D eigenvalue weighted by atomic mass is 35.5. The monoisotopic (exact) mass is 777 g/mol. The molecule has 1 spiro atoms. The Balaban J connectivity index is 1.32. The Bertz CT molecular complexity index is 2040. The number of aliphatic hydroxyl groups is 1. The number of nitrogens with one attached hydrogen (secondary N) is 1. The van der Waals surface area contributed by atoms with Crippen LogP contribution < -0.4 is 19.1 Å². The van der Waals surface area contributed by atoms with Crippen LogP contribution in [-0.2, 0) is 41.8 Å². The highest BCUT2D eigenvalue weighted by molar-refractivity contribution is 7.90. The number of ether oxygens (including phenoxy) is 3. The van der Waals surface area contributed by atoms with E-state index in [-0.39, 0.29) is 33.8 Å². The van der Waals surface area contributed by atoms with E-state index in [4.69, 9.17) is 25.8 Å². The number of sulfonamides is 1. The number of methoxy groups -OCH3 is 2. The first-order valence-electron chi connectivity index (χ1n) is 18.5. The van der Waals surface area contributed by atoms with Crippen molar-refractivity contribution in [2.45, 2.75) is 67.0 Å². The van der Waals surface area contributed by atoms with Gasteiger partial charge in [0.05, 0.1) is 36.8 Å². The first-order chi connectivity index (χ1) is 25.9. The minimum absolute atomic E-state index is 0.0812. The number of nitrogens with zero attached hydrogens (tertiary/aromatic N) is 2. The predicted molar refractivity (Wildman–Crippen MR) is 205 cm³/mol. The molecule has 7 rings (SSSR count). The first-order valence-corrected chi connectivity index (χ1v) is 20.4. The van der Waals surface area contributed by atoms with Gasteiger partial charge in [-0.15, -0.1) is 0 Å². The number of rotatable bonds is 5. The molecule has 2 N–H and O–H groups in total. The molecule has 0 saturated heterocycles. The summed E-state index contributed by atoms with van der Waals surface area (Å²) in [4.78, 5) is 31.5. The molecule has 1 fully saturated rings. The Morgan fingerprint density at radius 1 is 1.07 bits per heavy atom. The Hall–Kier alpha value is -4.10. The van der Waals surface area contributed by atoms with Gasteiger partial charge in [-0.1, -0.05) is 35.9 Å². The third-order valence-corrected chi connectivity index (χ3v) is 13.5. The summed E-state index contributed by atoms with van der Waals surface area (Å²) in [6.45, 7) is 2.01. The Morgan fingerprint density at radius 3 is 2.59 bits per heavy atom. The standard InChI is InChI=1S/C41H48ClN3O8S/c1-44-20-5-4-8-36(52-3)33-16-9-28(33)24-45-25-40(19-6-7-27-21-30(42)11-17-34(27)40)26-53-37-18-10-29(22-35(37)45)41(48,23-38(44)46)39(47)43-54(49,50)32-14-12-31(51-2)13-15-32/h4,8,10-15,17-18,21-22,28,33,36,48H,5-7,9,16,19-20,23-26H2,1-3H3,(H,43,47)/b8-4+/t28-,33+,36-,40-,41+/m0/s1. The number of benzene rings is 3. The molecule has 2 amide bonds. The van der Waals surface area contributed by atoms with Crippen LogP contribution in [0.4, 0.5) is 5.69 Å². The summed E-state index contributed by atoms with van der Waals surface area (Å²) in [5, 5.41) is 13.2. The summed E-state index contributed by atoms with van der Waals surface area (Å²) in [6, 6.07) is 16.6. The van der Waals surface area contributed by atoms with E-state index in [9.17, 15) is 23.1 Å². The molecular weight excluding hydrogens is 730 g/mol. The lowest BCUT2D eigenvalue weighted by molar-refractivity contribution is -0.148. The smallest absolute Gasteiger partial charge is 0.270 e. The maximum Gasteiger partial charge on any atom is 0.270 e. The van der Waals surface area contributed by atoms with Crippen LogP contribution in [0.2, 0.25) is 5.02 Å². The van der Waals surface area contributed by atoms with Gasteiger partial charge < -0.3 is 29.1 Å². The first kappa shape index (κ1) is 38.2. The van der Waals surface area contributed by atoms with E-state index in [0.717, 1.165) is 32.1 Å². The molecule has 1 saturated carbocycles. The fourth-order valence-corrected chi connectivity index (χ4v) is 9.84. The van der Waals surface area contributed by atoms with Crippen molar-refractivity contribution in [1.82, 2.24) is 9.62 Å². The van der Waals surface area contributed by atoms with Crippen LogP contribution in [0.1, 0.15) is 55.2 Å². The summed E-state index contributed by atoms with van der Waals surface area (Å²) in [6.07, 6.45) is 8.65. The third kappa shape index (κ3) is 7.33. The van der Waals surface area contributed by atoms with E-state index in [1.54, 1.807) is 32.4 Å². The van der Waals surface area contributed by atoms with Crippen molar-refractivity contribution >= 4 is 39.1 Å². The van der Waals surface area contributed by atoms with Gasteiger partial charge in [-0.3, -0.25) is 9.59 Å². The Kier molecular flexibility index (Phi) is 10.8. The summed E-state index contributed by atoms with van der Waals surface area (Å²) in [5.74, 6) is -0.198. The number of aryl methyl sites for hydroxylation is 1. The van der Waals surface area contributed by atoms with Gasteiger partial charge >= 0.3 is 0 Å². The van der Waals surface area contributed by atoms with E-state index in [1.165, 1.54) is 47.4 Å². The van der Waals surface area contributed by atoms with Gasteiger partial charge in [-0.05, 0) is 116 Å². The minimum Gasteiger partial charge on any atom is -0.497 e. The predicted octanol–water partition coefficient (Wildman–Crippen LogP) is 5.36. The topological polar surface area (TPSA) is 135 Å². The Labute approximate surface area is 322 Å². The number of carbonyl (C=O) groups is 2. The lowest BCUT2D eigenvalue weighted by atomic mass is 9.68. The maximum absolute atomic E-state index is 14.2. The van der Waals surface area contributed by atoms with Crippen LogP contribution in [0.3, 0.4) is 0 Å². The molecule has 0 radical (unpaired) electrons. The molecule has 13 heteroatoms. The molecular formula is C41H48ClN3O8S. The van der Waals surface area contributed by atoms with Gasteiger partial charge in [0.1, 0.15) is 11.5 Å². The average Bonchev–Trinajstić information content (AvgIpc) is 3.30. The molecule has 3 aromatic rings. The zero-order valence-electron chi connectivity index (χ0n) is 30.9. The average molecular weight is 778 g/mol. The van der Waals surface area contributed by atoms with Crippen LogP contribution in [-0.4, -0.2) is 83.9 Å². The van der Waals surface area contributed by atoms with E-state index in [0.29, 0.717) is 54.9 Å². The SMILES string of the molecule is COc1ccc(S(=O)(=O)NC(=O)[C@@]2(O)CC(=O)N(C)CC/C=C/[C@H](OC)[C@@H]3CC[C@H]3CN3C[C@@]4(CCCc5cc(Cl)ccc54)COc4ccc2cc43)cc1. The lowest BCUT2D eigenvalue weighted by Crippen LogP contribution is -2.50. The number of amides is 2. The summed E-state index contributed by atoms with van der Waals surface area (Å²) in [7, 11) is 0.340. The van der Waals surface area contributed by atoms with E-state index >= 15 is 0 Å². The molecule has 0 unspecified atom stereocenters. The van der Waals surface area contributed by atoms with Crippen molar-refractivity contribution < 1.29 is 37.3 Å². The summed E-state index contributed by atoms with van der Waals surface area (Å²) in [5.41, 5.74) is 0.231. The highest BCUT2D eigenvalue weighted by Gasteiger charge is 2.47. The van der Waals surface area contributed by atoms with Gasteiger partial charge in [0, 0.05) is 44.2 Å². The molecule has 2 heterocycles. The highest BCUT2D eigenvalue weighted by Crippen LogP contribution is 2.48. The van der Waals surface area contributed by atoms with Crippen molar-refractivity contribution in [3.63, 3.8) is 0 Å². The van der Waals surface area contributed by atoms with Gasteiger partial charge in [-0.25, -0.2) is 13.1 Å². The van der Waals surface area contributed by atoms with Crippen LogP contribution >= 0.6 is 11.6 Å². The third-order valence-electron chi connectivity index (χ3n) is 11.9. The van der Waals surface area contributed by atoms with Gasteiger partial charge in [-0.2, -0.15) is 0 Å². The molecule has 0 aromatic heterocycles. The molecule has 11 nitrogen and oxygen atoms in total. The number of anilines is 1. The quantitative estimate of drug-likeness (QED) is 0.329. The largest absolute Gasteiger partial charge is 0.497 e. The molecule has 54 heavy (non-hydrogen) atoms. The number of hydrogen-bond donors (Lipinski definition) is 2. The van der Waals surface area contributed by atoms with Gasteiger partial charge in [0.2, 0.25) is 5.91 Å². The zero-order chi connectivity index (χ0) is 38.3. The van der Waals surface area contributed by atoms with E-state index < -0.39 is 33.9 Å². The van der Waals surface area contributed by atoms with Crippen molar-refractivity contribution in [2.24, 2.45) is 11.8 Å². The van der Waals surface area contributed by atoms with Crippen molar-refractivity contribution in [2.75, 3.05) is 52.4 Å². The fourth-order valence-electron chi connectivity index (χ4n) is 8.62. The van der Waals surface area contributed by atoms with E-state index in [2.05, 4.69) is 21.8 Å². The minimum atomic E-state index is -4.45. The van der Waals surface area contributed by atoms with Crippen LogP contribution in [0.5, 0.6) is 11.5 Å². The van der Waals surface area contributed by atoms with Crippen LogP contribution in [0, 0.1) is 11.8 Å². The second-order valence-corrected chi connectivity index (χ2v) is 17.3. The van der Waals surface area contributed by atoms with Crippen molar-refractivity contribution in [3.8, 4) is 11.5 Å².